The van der Waals surface area contributed by atoms with Crippen LogP contribution in [-0.4, -0.2) is 42.4 Å². The molecular formula is C20H27N3O4S2. The van der Waals surface area contributed by atoms with Crippen molar-refractivity contribution in [2.75, 3.05) is 13.1 Å². The predicted molar refractivity (Wildman–Crippen MR) is 114 cm³/mol. The van der Waals surface area contributed by atoms with Crippen molar-refractivity contribution in [1.29, 1.82) is 0 Å². The maximum Gasteiger partial charge on any atom is 0.248 e. The van der Waals surface area contributed by atoms with Crippen molar-refractivity contribution in [3.63, 3.8) is 0 Å². The minimum atomic E-state index is -3.76. The van der Waals surface area contributed by atoms with E-state index in [9.17, 15) is 13.2 Å². The molecule has 1 amide bonds. The Hall–Kier alpha value is -1.97. The lowest BCUT2D eigenvalue weighted by Gasteiger charge is -2.32. The van der Waals surface area contributed by atoms with Crippen LogP contribution in [0.2, 0.25) is 0 Å². The van der Waals surface area contributed by atoms with Gasteiger partial charge in [0.05, 0.1) is 0 Å². The quantitative estimate of drug-likeness (QED) is 0.772. The molecule has 3 heterocycles. The Bertz CT molecular complexity index is 978. The molecule has 0 aromatic carbocycles. The number of nitrogens with one attached hydrogen (secondary N) is 1. The molecule has 0 aliphatic carbocycles. The number of carbonyl (C=O) groups excluding carboxylic acids is 1. The lowest BCUT2D eigenvalue weighted by molar-refractivity contribution is -0.127. The number of nitrogens with zero attached hydrogens (tertiary/aromatic N) is 2. The number of aryl methyl sites for hydroxylation is 1. The van der Waals surface area contributed by atoms with Crippen molar-refractivity contribution in [1.82, 2.24) is 14.8 Å². The van der Waals surface area contributed by atoms with E-state index in [0.29, 0.717) is 31.6 Å². The molecule has 0 atom stereocenters. The van der Waals surface area contributed by atoms with E-state index in [1.807, 2.05) is 44.4 Å². The minimum Gasteiger partial charge on any atom is -0.355 e. The average molecular weight is 438 g/mol. The Morgan fingerprint density at radius 3 is 2.59 bits per heavy atom. The molecule has 1 aliphatic rings. The van der Waals surface area contributed by atoms with Gasteiger partial charge in [-0.3, -0.25) is 4.79 Å². The van der Waals surface area contributed by atoms with Crippen LogP contribution in [0.15, 0.2) is 26.9 Å². The molecule has 1 fully saturated rings. The number of piperidine rings is 1. The number of hydrogen-bond donors (Lipinski definition) is 1. The van der Waals surface area contributed by atoms with Gasteiger partial charge in [-0.05, 0) is 64.1 Å². The Labute approximate surface area is 175 Å². The van der Waals surface area contributed by atoms with Crippen molar-refractivity contribution in [2.24, 2.45) is 5.92 Å². The van der Waals surface area contributed by atoms with E-state index >= 15 is 0 Å². The lowest BCUT2D eigenvalue weighted by atomic mass is 9.96. The zero-order valence-corrected chi connectivity index (χ0v) is 18.8. The fourth-order valence-corrected chi connectivity index (χ4v) is 5.64. The molecule has 3 rings (SSSR count). The second kappa shape index (κ2) is 8.41. The van der Waals surface area contributed by atoms with Gasteiger partial charge in [0.15, 0.2) is 10.7 Å². The largest absolute Gasteiger partial charge is 0.355 e. The highest BCUT2D eigenvalue weighted by molar-refractivity contribution is 7.89. The number of amides is 1. The summed E-state index contributed by atoms with van der Waals surface area (Å²) in [4.78, 5) is 13.5. The third-order valence-corrected chi connectivity index (χ3v) is 7.59. The Balaban J connectivity index is 1.74. The van der Waals surface area contributed by atoms with Crippen LogP contribution in [0.4, 0.5) is 0 Å². The zero-order valence-electron chi connectivity index (χ0n) is 17.1. The molecule has 1 N–H and O–H groups in total. The zero-order chi connectivity index (χ0) is 21.2. The van der Waals surface area contributed by atoms with Crippen molar-refractivity contribution < 1.29 is 17.7 Å². The standard InChI is InChI=1S/C20H27N3O4S2/c1-14-18(17(27-22-14)8-7-16-6-5-13-28-16)29(25,26)23-11-9-15(10-12-23)19(24)21-20(2,3)4/h5-8,13,15H,9-12H2,1-4H3,(H,21,24)/b8-7+. The third-order valence-electron chi connectivity index (χ3n) is 4.70. The minimum absolute atomic E-state index is 0.0183. The fraction of sp³-hybridized carbons (Fsp3) is 0.500. The van der Waals surface area contributed by atoms with Gasteiger partial charge in [-0.15, -0.1) is 11.3 Å². The van der Waals surface area contributed by atoms with Gasteiger partial charge in [-0.1, -0.05) is 11.2 Å². The maximum absolute atomic E-state index is 13.3. The highest BCUT2D eigenvalue weighted by atomic mass is 32.2. The van der Waals surface area contributed by atoms with Crippen LogP contribution in [0.5, 0.6) is 0 Å². The normalized spacial score (nSPS) is 17.1. The predicted octanol–water partition coefficient (Wildman–Crippen LogP) is 3.53. The third kappa shape index (κ3) is 5.15. The highest BCUT2D eigenvalue weighted by Crippen LogP contribution is 2.29. The number of carbonyl (C=O) groups is 1. The second-order valence-electron chi connectivity index (χ2n) is 8.23. The molecule has 1 aliphatic heterocycles. The van der Waals surface area contributed by atoms with Crippen LogP contribution in [0.25, 0.3) is 12.2 Å². The van der Waals surface area contributed by atoms with E-state index in [1.54, 1.807) is 24.3 Å². The second-order valence-corrected chi connectivity index (χ2v) is 11.1. The van der Waals surface area contributed by atoms with Crippen molar-refractivity contribution in [3.05, 3.63) is 33.8 Å². The van der Waals surface area contributed by atoms with Gasteiger partial charge in [-0.25, -0.2) is 8.42 Å². The maximum atomic E-state index is 13.3. The molecular weight excluding hydrogens is 410 g/mol. The molecule has 1 saturated heterocycles. The first-order valence-corrected chi connectivity index (χ1v) is 11.9. The summed E-state index contributed by atoms with van der Waals surface area (Å²) >= 11 is 1.55. The summed E-state index contributed by atoms with van der Waals surface area (Å²) in [6.07, 6.45) is 4.44. The Morgan fingerprint density at radius 1 is 1.31 bits per heavy atom. The summed E-state index contributed by atoms with van der Waals surface area (Å²) in [6, 6.07) is 3.86. The van der Waals surface area contributed by atoms with Gasteiger partial charge < -0.3 is 9.84 Å². The van der Waals surface area contributed by atoms with E-state index in [1.165, 1.54) is 4.31 Å². The molecule has 7 nitrogen and oxygen atoms in total. The number of hydrogen-bond acceptors (Lipinski definition) is 6. The van der Waals surface area contributed by atoms with E-state index in [4.69, 9.17) is 4.52 Å². The van der Waals surface area contributed by atoms with Gasteiger partial charge in [0.1, 0.15) is 5.69 Å². The lowest BCUT2D eigenvalue weighted by Crippen LogP contribution is -2.47. The van der Waals surface area contributed by atoms with Crippen LogP contribution >= 0.6 is 11.3 Å². The van der Waals surface area contributed by atoms with Crippen molar-refractivity contribution >= 4 is 39.4 Å². The van der Waals surface area contributed by atoms with Crippen LogP contribution in [0, 0.1) is 12.8 Å². The Kier molecular flexibility index (Phi) is 6.30. The van der Waals surface area contributed by atoms with Crippen molar-refractivity contribution in [2.45, 2.75) is 51.0 Å². The molecule has 0 bridgehead atoms. The van der Waals surface area contributed by atoms with Gasteiger partial charge in [0, 0.05) is 29.4 Å². The molecule has 9 heteroatoms. The van der Waals surface area contributed by atoms with Gasteiger partial charge in [0.2, 0.25) is 15.9 Å². The fourth-order valence-electron chi connectivity index (χ4n) is 3.30. The van der Waals surface area contributed by atoms with Gasteiger partial charge in [-0.2, -0.15) is 4.31 Å². The average Bonchev–Trinajstić information content (AvgIpc) is 3.28. The molecule has 29 heavy (non-hydrogen) atoms. The van der Waals surface area contributed by atoms with Gasteiger partial charge in [0.25, 0.3) is 0 Å². The smallest absolute Gasteiger partial charge is 0.248 e. The van der Waals surface area contributed by atoms with E-state index in [0.717, 1.165) is 4.88 Å². The van der Waals surface area contributed by atoms with Gasteiger partial charge >= 0.3 is 0 Å². The summed E-state index contributed by atoms with van der Waals surface area (Å²) in [5, 5.41) is 8.79. The Morgan fingerprint density at radius 2 is 2.00 bits per heavy atom. The number of sulfonamides is 1. The van der Waals surface area contributed by atoms with Crippen LogP contribution < -0.4 is 5.32 Å². The molecule has 0 spiro atoms. The summed E-state index contributed by atoms with van der Waals surface area (Å²) in [5.74, 6) is 0.0289. The first kappa shape index (κ1) is 21.7. The van der Waals surface area contributed by atoms with Crippen LogP contribution in [0.1, 0.15) is 49.9 Å². The molecule has 0 saturated carbocycles. The summed E-state index contributed by atoms with van der Waals surface area (Å²) in [6.45, 7) is 8.02. The molecule has 0 unspecified atom stereocenters. The highest BCUT2D eigenvalue weighted by Gasteiger charge is 2.36. The molecule has 158 valence electrons. The van der Waals surface area contributed by atoms with Crippen LogP contribution in [-0.2, 0) is 14.8 Å². The topological polar surface area (TPSA) is 92.5 Å². The van der Waals surface area contributed by atoms with Crippen LogP contribution in [0.3, 0.4) is 0 Å². The summed E-state index contributed by atoms with van der Waals surface area (Å²) < 4.78 is 33.2. The molecule has 0 radical (unpaired) electrons. The van der Waals surface area contributed by atoms with Crippen molar-refractivity contribution in [3.8, 4) is 0 Å². The monoisotopic (exact) mass is 437 g/mol. The summed E-state index contributed by atoms with van der Waals surface area (Å²) in [5.41, 5.74) is 0.0346. The molecule has 2 aromatic heterocycles. The van der Waals surface area contributed by atoms with E-state index in [-0.39, 0.29) is 28.0 Å². The first-order chi connectivity index (χ1) is 13.6. The number of aromatic nitrogens is 1. The van der Waals surface area contributed by atoms with E-state index in [2.05, 4.69) is 10.5 Å². The number of thiophene rings is 1. The summed E-state index contributed by atoms with van der Waals surface area (Å²) in [7, 11) is -3.76. The SMILES string of the molecule is Cc1noc(/C=C/c2cccs2)c1S(=O)(=O)N1CCC(C(=O)NC(C)(C)C)CC1. The first-order valence-electron chi connectivity index (χ1n) is 9.58. The molecule has 2 aromatic rings. The van der Waals surface area contributed by atoms with E-state index < -0.39 is 10.0 Å². The number of rotatable bonds is 5.